The van der Waals surface area contributed by atoms with Gasteiger partial charge in [0.15, 0.2) is 11.6 Å². The molecule has 1 aliphatic heterocycles. The number of ether oxygens (including phenoxy) is 1. The van der Waals surface area contributed by atoms with E-state index in [1.165, 1.54) is 19.3 Å². The van der Waals surface area contributed by atoms with E-state index in [4.69, 9.17) is 9.84 Å². The van der Waals surface area contributed by atoms with E-state index in [2.05, 4.69) is 24.1 Å². The van der Waals surface area contributed by atoms with Crippen LogP contribution >= 0.6 is 0 Å². The maximum atomic E-state index is 14.6. The average Bonchev–Trinajstić information content (AvgIpc) is 2.52. The molecule has 2 N–H and O–H groups in total. The van der Waals surface area contributed by atoms with E-state index in [0.29, 0.717) is 12.1 Å². The zero-order valence-corrected chi connectivity index (χ0v) is 14.9. The third-order valence-electron chi connectivity index (χ3n) is 5.15. The van der Waals surface area contributed by atoms with Gasteiger partial charge < -0.3 is 20.1 Å². The van der Waals surface area contributed by atoms with E-state index >= 15 is 0 Å². The summed E-state index contributed by atoms with van der Waals surface area (Å²) in [4.78, 5) is 2.38. The summed E-state index contributed by atoms with van der Waals surface area (Å²) in [6, 6.07) is 4.50. The van der Waals surface area contributed by atoms with Crippen molar-refractivity contribution in [3.63, 3.8) is 0 Å². The Morgan fingerprint density at radius 2 is 2.08 bits per heavy atom. The Hall–Kier alpha value is -1.33. The van der Waals surface area contributed by atoms with Gasteiger partial charge in [-0.15, -0.1) is 0 Å². The number of aliphatic hydroxyl groups is 1. The van der Waals surface area contributed by atoms with Crippen molar-refractivity contribution in [3.8, 4) is 5.75 Å². The molecule has 2 atom stereocenters. The number of piperazine rings is 1. The zero-order chi connectivity index (χ0) is 17.3. The first-order chi connectivity index (χ1) is 11.4. The molecular formula is C19H29FN2O2. The Kier molecular flexibility index (Phi) is 5.02. The van der Waals surface area contributed by atoms with Gasteiger partial charge in [-0.2, -0.15) is 0 Å². The van der Waals surface area contributed by atoms with Gasteiger partial charge in [0.2, 0.25) is 0 Å². The van der Waals surface area contributed by atoms with E-state index in [1.807, 2.05) is 13.0 Å². The Morgan fingerprint density at radius 3 is 2.79 bits per heavy atom. The van der Waals surface area contributed by atoms with Gasteiger partial charge in [0.05, 0.1) is 6.61 Å². The Balaban J connectivity index is 1.91. The lowest BCUT2D eigenvalue weighted by Crippen LogP contribution is -2.67. The highest BCUT2D eigenvalue weighted by atomic mass is 19.1. The number of nitrogens with zero attached hydrogens (tertiary/aromatic N) is 1. The molecule has 0 aromatic heterocycles. The molecule has 134 valence electrons. The normalized spacial score (nSPS) is 26.1. The fourth-order valence-corrected chi connectivity index (χ4v) is 4.24. The van der Waals surface area contributed by atoms with Crippen molar-refractivity contribution in [1.29, 1.82) is 0 Å². The molecule has 0 amide bonds. The quantitative estimate of drug-likeness (QED) is 0.887. The Bertz CT molecular complexity index is 568. The molecule has 0 radical (unpaired) electrons. The van der Waals surface area contributed by atoms with Gasteiger partial charge >= 0.3 is 0 Å². The topological polar surface area (TPSA) is 44.7 Å². The van der Waals surface area contributed by atoms with Gasteiger partial charge in [-0.25, -0.2) is 4.39 Å². The first-order valence-electron chi connectivity index (χ1n) is 8.99. The average molecular weight is 336 g/mol. The van der Waals surface area contributed by atoms with Crippen molar-refractivity contribution < 1.29 is 14.2 Å². The fourth-order valence-electron chi connectivity index (χ4n) is 4.24. The number of hydrogen-bond acceptors (Lipinski definition) is 4. The predicted molar refractivity (Wildman–Crippen MR) is 94.3 cm³/mol. The van der Waals surface area contributed by atoms with E-state index in [0.717, 1.165) is 24.2 Å². The van der Waals surface area contributed by atoms with E-state index in [1.54, 1.807) is 6.07 Å². The first kappa shape index (κ1) is 17.5. The highest BCUT2D eigenvalue weighted by molar-refractivity contribution is 5.55. The Morgan fingerprint density at radius 1 is 1.33 bits per heavy atom. The number of aryl methyl sites for hydroxylation is 1. The number of hydrogen-bond donors (Lipinski definition) is 2. The predicted octanol–water partition coefficient (Wildman–Crippen LogP) is 3.00. The second kappa shape index (κ2) is 6.89. The molecule has 1 aliphatic carbocycles. The summed E-state index contributed by atoms with van der Waals surface area (Å²) in [5, 5.41) is 12.7. The second-order valence-corrected chi connectivity index (χ2v) is 7.76. The first-order valence-corrected chi connectivity index (χ1v) is 8.99. The van der Waals surface area contributed by atoms with Gasteiger partial charge in [-0.3, -0.25) is 0 Å². The molecule has 1 aromatic rings. The number of fused-ring (bicyclic) bond motifs is 1. The largest absolute Gasteiger partial charge is 0.488 e. The molecule has 1 aromatic carbocycles. The molecule has 2 aliphatic rings. The number of rotatable bonds is 4. The van der Waals surface area contributed by atoms with Gasteiger partial charge in [-0.05, 0) is 45.2 Å². The van der Waals surface area contributed by atoms with Crippen LogP contribution in [0.1, 0.15) is 45.1 Å². The van der Waals surface area contributed by atoms with Gasteiger partial charge in [0, 0.05) is 35.9 Å². The molecule has 2 fully saturated rings. The zero-order valence-electron chi connectivity index (χ0n) is 14.9. The van der Waals surface area contributed by atoms with Crippen LogP contribution in [0.5, 0.6) is 5.75 Å². The lowest BCUT2D eigenvalue weighted by molar-refractivity contribution is 0.194. The number of aliphatic hydroxyl groups excluding tert-OH is 1. The molecule has 1 heterocycles. The maximum Gasteiger partial charge on any atom is 0.167 e. The summed E-state index contributed by atoms with van der Waals surface area (Å²) in [6.07, 6.45) is 4.83. The molecule has 1 saturated heterocycles. The number of nitrogens with one attached hydrogen (secondary N) is 1. The lowest BCUT2D eigenvalue weighted by atomic mass is 9.83. The van der Waals surface area contributed by atoms with E-state index in [-0.39, 0.29) is 30.3 Å². The minimum Gasteiger partial charge on any atom is -0.488 e. The van der Waals surface area contributed by atoms with Crippen molar-refractivity contribution in [2.45, 2.75) is 64.1 Å². The number of halogens is 1. The van der Waals surface area contributed by atoms with E-state index < -0.39 is 0 Å². The summed E-state index contributed by atoms with van der Waals surface area (Å²) in [5.74, 6) is -0.0930. The second-order valence-electron chi connectivity index (χ2n) is 7.76. The van der Waals surface area contributed by atoms with Crippen molar-refractivity contribution in [1.82, 2.24) is 5.32 Å². The van der Waals surface area contributed by atoms with Crippen molar-refractivity contribution in [2.24, 2.45) is 0 Å². The standard InChI is InChI=1S/C19H29FN2O2/c1-13-10-14(11-15(20)18(13)24-9-8-23)22-12-19(2,3)21-16-6-4-5-7-17(16)22/h10-11,16-17,21,23H,4-9,12H2,1-3H3/t16-,17-/m0/s1. The molecule has 24 heavy (non-hydrogen) atoms. The summed E-state index contributed by atoms with van der Waals surface area (Å²) in [7, 11) is 0. The van der Waals surface area contributed by atoms with Crippen LogP contribution in [-0.2, 0) is 0 Å². The summed E-state index contributed by atoms with van der Waals surface area (Å²) < 4.78 is 19.9. The van der Waals surface area contributed by atoms with Gasteiger partial charge in [-0.1, -0.05) is 12.8 Å². The molecule has 1 saturated carbocycles. The lowest BCUT2D eigenvalue weighted by Gasteiger charge is -2.52. The van der Waals surface area contributed by atoms with Crippen LogP contribution < -0.4 is 15.0 Å². The van der Waals surface area contributed by atoms with Crippen LogP contribution in [0.2, 0.25) is 0 Å². The molecule has 0 bridgehead atoms. The van der Waals surface area contributed by atoms with Crippen LogP contribution in [0, 0.1) is 12.7 Å². The van der Waals surface area contributed by atoms with Crippen molar-refractivity contribution in [3.05, 3.63) is 23.5 Å². The van der Waals surface area contributed by atoms with Crippen LogP contribution in [0.4, 0.5) is 10.1 Å². The third-order valence-corrected chi connectivity index (χ3v) is 5.15. The summed E-state index contributed by atoms with van der Waals surface area (Å²) >= 11 is 0. The molecule has 5 heteroatoms. The molecular weight excluding hydrogens is 307 g/mol. The van der Waals surface area contributed by atoms with Crippen LogP contribution in [0.15, 0.2) is 12.1 Å². The van der Waals surface area contributed by atoms with Crippen molar-refractivity contribution >= 4 is 5.69 Å². The van der Waals surface area contributed by atoms with Crippen LogP contribution in [0.25, 0.3) is 0 Å². The van der Waals surface area contributed by atoms with Crippen LogP contribution in [0.3, 0.4) is 0 Å². The minimum atomic E-state index is -0.345. The molecule has 4 nitrogen and oxygen atoms in total. The molecule has 0 unspecified atom stereocenters. The summed E-state index contributed by atoms with van der Waals surface area (Å²) in [6.45, 7) is 7.16. The SMILES string of the molecule is Cc1cc(N2CC(C)(C)N[C@H]3CCCC[C@@H]32)cc(F)c1OCCO. The maximum absolute atomic E-state index is 14.6. The number of anilines is 1. The number of benzene rings is 1. The fraction of sp³-hybridized carbons (Fsp3) is 0.684. The molecule has 3 rings (SSSR count). The van der Waals surface area contributed by atoms with Gasteiger partial charge in [0.25, 0.3) is 0 Å². The molecule has 0 spiro atoms. The summed E-state index contributed by atoms with van der Waals surface area (Å²) in [5.41, 5.74) is 1.73. The van der Waals surface area contributed by atoms with Gasteiger partial charge in [0.1, 0.15) is 6.61 Å². The monoisotopic (exact) mass is 336 g/mol. The third kappa shape index (κ3) is 3.52. The van der Waals surface area contributed by atoms with Crippen LogP contribution in [-0.4, -0.2) is 42.5 Å². The minimum absolute atomic E-state index is 0.00888. The van der Waals surface area contributed by atoms with Crippen molar-refractivity contribution in [2.75, 3.05) is 24.7 Å². The highest BCUT2D eigenvalue weighted by Gasteiger charge is 2.40. The Labute approximate surface area is 144 Å². The highest BCUT2D eigenvalue weighted by Crippen LogP contribution is 2.36. The smallest absolute Gasteiger partial charge is 0.167 e. The van der Waals surface area contributed by atoms with E-state index in [9.17, 15) is 4.39 Å².